The summed E-state index contributed by atoms with van der Waals surface area (Å²) in [6, 6.07) is 13.7. The second-order valence-corrected chi connectivity index (χ2v) is 4.78. The number of carbonyl (C=O) groups excluding carboxylic acids is 1. The van der Waals surface area contributed by atoms with Gasteiger partial charge in [-0.3, -0.25) is 4.79 Å². The van der Waals surface area contributed by atoms with Gasteiger partial charge in [0.15, 0.2) is 6.61 Å². The molecule has 106 valence electrons. The third kappa shape index (κ3) is 3.96. The average Bonchev–Trinajstić information content (AvgIpc) is 2.45. The molecule has 0 spiro atoms. The molecular weight excluding hydrogens is 254 g/mol. The number of carbonyl (C=O) groups is 1. The van der Waals surface area contributed by atoms with Crippen LogP contribution in [0, 0.1) is 0 Å². The van der Waals surface area contributed by atoms with Crippen LogP contribution in [0.15, 0.2) is 42.5 Å². The number of amides is 1. The summed E-state index contributed by atoms with van der Waals surface area (Å²) in [5, 5.41) is 13.8. The summed E-state index contributed by atoms with van der Waals surface area (Å²) in [5.41, 5.74) is 0. The molecule has 0 saturated carbocycles. The highest BCUT2D eigenvalue weighted by molar-refractivity contribution is 5.84. The maximum Gasteiger partial charge on any atom is 0.258 e. The Balaban J connectivity index is 1.90. The Labute approximate surface area is 118 Å². The van der Waals surface area contributed by atoms with E-state index in [1.807, 2.05) is 49.4 Å². The Bertz CT molecular complexity index is 583. The van der Waals surface area contributed by atoms with Crippen LogP contribution in [0.5, 0.6) is 5.75 Å². The first-order valence-corrected chi connectivity index (χ1v) is 6.71. The normalized spacial score (nSPS) is 12.1. The topological polar surface area (TPSA) is 58.6 Å². The summed E-state index contributed by atoms with van der Waals surface area (Å²) < 4.78 is 5.48. The van der Waals surface area contributed by atoms with Gasteiger partial charge in [0.1, 0.15) is 5.75 Å². The molecule has 4 heteroatoms. The molecule has 0 aliphatic heterocycles. The molecule has 0 aliphatic carbocycles. The van der Waals surface area contributed by atoms with Gasteiger partial charge in [0.25, 0.3) is 5.91 Å². The van der Waals surface area contributed by atoms with Crippen LogP contribution in [0.4, 0.5) is 0 Å². The first-order chi connectivity index (χ1) is 9.69. The fraction of sp³-hybridized carbons (Fsp3) is 0.312. The zero-order chi connectivity index (χ0) is 14.4. The van der Waals surface area contributed by atoms with Crippen molar-refractivity contribution in [3.8, 4) is 5.75 Å². The van der Waals surface area contributed by atoms with Crippen molar-refractivity contribution in [3.63, 3.8) is 0 Å². The number of aliphatic hydroxyl groups excluding tert-OH is 1. The zero-order valence-corrected chi connectivity index (χ0v) is 11.5. The lowest BCUT2D eigenvalue weighted by Gasteiger charge is -2.13. The fourth-order valence-electron chi connectivity index (χ4n) is 1.99. The lowest BCUT2D eigenvalue weighted by atomic mass is 10.1. The Morgan fingerprint density at radius 1 is 1.25 bits per heavy atom. The highest BCUT2D eigenvalue weighted by Crippen LogP contribution is 2.20. The van der Waals surface area contributed by atoms with Gasteiger partial charge < -0.3 is 15.2 Å². The second-order valence-electron chi connectivity index (χ2n) is 4.78. The van der Waals surface area contributed by atoms with Gasteiger partial charge in [0.2, 0.25) is 0 Å². The summed E-state index contributed by atoms with van der Waals surface area (Å²) in [6.45, 7) is 1.89. The van der Waals surface area contributed by atoms with Crippen LogP contribution < -0.4 is 10.1 Å². The number of aliphatic hydroxyl groups is 1. The molecule has 4 nitrogen and oxygen atoms in total. The maximum atomic E-state index is 11.6. The van der Waals surface area contributed by atoms with E-state index in [2.05, 4.69) is 5.32 Å². The quantitative estimate of drug-likeness (QED) is 0.847. The number of hydrogen-bond acceptors (Lipinski definition) is 3. The summed E-state index contributed by atoms with van der Waals surface area (Å²) in [7, 11) is 0. The van der Waals surface area contributed by atoms with Crippen molar-refractivity contribution < 1.29 is 14.6 Å². The molecule has 2 rings (SSSR count). The monoisotopic (exact) mass is 273 g/mol. The summed E-state index contributed by atoms with van der Waals surface area (Å²) in [6.07, 6.45) is 0.543. The van der Waals surface area contributed by atoms with E-state index in [0.717, 1.165) is 10.8 Å². The zero-order valence-electron chi connectivity index (χ0n) is 11.5. The molecule has 0 heterocycles. The molecule has 2 aromatic carbocycles. The van der Waals surface area contributed by atoms with E-state index >= 15 is 0 Å². The second kappa shape index (κ2) is 6.91. The molecule has 2 N–H and O–H groups in total. The highest BCUT2D eigenvalue weighted by Gasteiger charge is 2.07. The van der Waals surface area contributed by atoms with Crippen molar-refractivity contribution in [3.05, 3.63) is 42.5 Å². The first kappa shape index (κ1) is 14.3. The van der Waals surface area contributed by atoms with Crippen LogP contribution in [-0.2, 0) is 4.79 Å². The first-order valence-electron chi connectivity index (χ1n) is 6.71. The van der Waals surface area contributed by atoms with E-state index in [0.29, 0.717) is 12.2 Å². The molecule has 0 fully saturated rings. The molecule has 1 amide bonds. The van der Waals surface area contributed by atoms with E-state index in [-0.39, 0.29) is 25.2 Å². The van der Waals surface area contributed by atoms with Crippen molar-refractivity contribution in [1.82, 2.24) is 5.32 Å². The molecule has 0 aromatic heterocycles. The number of ether oxygens (including phenoxy) is 1. The molecule has 0 aliphatic rings. The Hall–Kier alpha value is -2.07. The smallest absolute Gasteiger partial charge is 0.258 e. The third-order valence-corrected chi connectivity index (χ3v) is 3.06. The molecule has 1 unspecified atom stereocenters. The van der Waals surface area contributed by atoms with Crippen LogP contribution in [0.2, 0.25) is 0 Å². The largest absolute Gasteiger partial charge is 0.484 e. The van der Waals surface area contributed by atoms with Gasteiger partial charge in [-0.25, -0.2) is 0 Å². The molecule has 0 saturated heterocycles. The number of benzene rings is 2. The van der Waals surface area contributed by atoms with Gasteiger partial charge in [-0.2, -0.15) is 0 Å². The lowest BCUT2D eigenvalue weighted by Crippen LogP contribution is -2.36. The number of nitrogens with one attached hydrogen (secondary N) is 1. The van der Waals surface area contributed by atoms with E-state index < -0.39 is 0 Å². The molecule has 0 radical (unpaired) electrons. The van der Waals surface area contributed by atoms with Gasteiger partial charge in [-0.15, -0.1) is 0 Å². The van der Waals surface area contributed by atoms with Crippen LogP contribution in [0.1, 0.15) is 13.3 Å². The van der Waals surface area contributed by atoms with Crippen LogP contribution in [0.25, 0.3) is 10.8 Å². The van der Waals surface area contributed by atoms with Crippen molar-refractivity contribution in [2.24, 2.45) is 0 Å². The highest BCUT2D eigenvalue weighted by atomic mass is 16.5. The summed E-state index contributed by atoms with van der Waals surface area (Å²) >= 11 is 0. The minimum Gasteiger partial charge on any atom is -0.484 e. The Kier molecular flexibility index (Phi) is 4.96. The molecule has 0 bridgehead atoms. The van der Waals surface area contributed by atoms with E-state index in [4.69, 9.17) is 9.84 Å². The van der Waals surface area contributed by atoms with E-state index in [1.54, 1.807) is 0 Å². The number of rotatable bonds is 6. The predicted octanol–water partition coefficient (Wildman–Crippen LogP) is 2.11. The summed E-state index contributed by atoms with van der Waals surface area (Å²) in [5.74, 6) is 0.493. The van der Waals surface area contributed by atoms with Crippen molar-refractivity contribution >= 4 is 16.7 Å². The average molecular weight is 273 g/mol. The van der Waals surface area contributed by atoms with Gasteiger partial charge >= 0.3 is 0 Å². The van der Waals surface area contributed by atoms with E-state index in [9.17, 15) is 4.79 Å². The van der Waals surface area contributed by atoms with Gasteiger partial charge in [0.05, 0.1) is 0 Å². The molecule has 1 atom stereocenters. The van der Waals surface area contributed by atoms with Gasteiger partial charge in [-0.05, 0) is 36.2 Å². The predicted molar refractivity (Wildman–Crippen MR) is 78.8 cm³/mol. The lowest BCUT2D eigenvalue weighted by molar-refractivity contribution is -0.123. The minimum absolute atomic E-state index is 0.0197. The summed E-state index contributed by atoms with van der Waals surface area (Å²) in [4.78, 5) is 11.6. The van der Waals surface area contributed by atoms with Crippen molar-refractivity contribution in [1.29, 1.82) is 0 Å². The number of hydrogen-bond donors (Lipinski definition) is 2. The van der Waals surface area contributed by atoms with E-state index in [1.165, 1.54) is 0 Å². The van der Waals surface area contributed by atoms with Crippen molar-refractivity contribution in [2.75, 3.05) is 13.2 Å². The molecular formula is C16H19NO3. The standard InChI is InChI=1S/C16H19NO3/c1-12(8-9-18)17-16(19)11-20-15-7-6-13-4-2-3-5-14(13)10-15/h2-7,10,12,18H,8-9,11H2,1H3,(H,17,19). The van der Waals surface area contributed by atoms with Crippen LogP contribution in [0.3, 0.4) is 0 Å². The van der Waals surface area contributed by atoms with Gasteiger partial charge in [0, 0.05) is 12.6 Å². The van der Waals surface area contributed by atoms with Crippen LogP contribution in [-0.4, -0.2) is 30.3 Å². The minimum atomic E-state index is -0.181. The number of fused-ring (bicyclic) bond motifs is 1. The Morgan fingerprint density at radius 3 is 2.75 bits per heavy atom. The van der Waals surface area contributed by atoms with Crippen molar-refractivity contribution in [2.45, 2.75) is 19.4 Å². The SMILES string of the molecule is CC(CCO)NC(=O)COc1ccc2ccccc2c1. The molecule has 2 aromatic rings. The third-order valence-electron chi connectivity index (χ3n) is 3.06. The maximum absolute atomic E-state index is 11.6. The van der Waals surface area contributed by atoms with Gasteiger partial charge in [-0.1, -0.05) is 30.3 Å². The molecule has 20 heavy (non-hydrogen) atoms. The fourth-order valence-corrected chi connectivity index (χ4v) is 1.99. The Morgan fingerprint density at radius 2 is 2.00 bits per heavy atom. The van der Waals surface area contributed by atoms with Crippen LogP contribution >= 0.6 is 0 Å².